The molecule has 0 aromatic heterocycles. The first-order valence-corrected chi connectivity index (χ1v) is 16.8. The first kappa shape index (κ1) is 29.3. The fourth-order valence-electron chi connectivity index (χ4n) is 6.39. The lowest BCUT2D eigenvalue weighted by atomic mass is 9.74. The normalized spacial score (nSPS) is 29.6. The Morgan fingerprint density at radius 2 is 1.85 bits per heavy atom. The number of Topliss-reactive ketones (excluding diaryl/α,β-unsaturated/α-hetero) is 1. The third kappa shape index (κ3) is 5.06. The van der Waals surface area contributed by atoms with Crippen LogP contribution in [0.5, 0.6) is 0 Å². The molecule has 10 heteroatoms. The maximum absolute atomic E-state index is 15.2. The van der Waals surface area contributed by atoms with Crippen LogP contribution in [0.15, 0.2) is 40.7 Å². The summed E-state index contributed by atoms with van der Waals surface area (Å²) in [5.41, 5.74) is 3.22. The van der Waals surface area contributed by atoms with Crippen molar-refractivity contribution in [3.05, 3.63) is 62.9 Å². The first-order valence-electron chi connectivity index (χ1n) is 13.9. The summed E-state index contributed by atoms with van der Waals surface area (Å²) < 4.78 is 32.0. The fraction of sp³-hybridized carbons (Fsp3) is 0.484. The van der Waals surface area contributed by atoms with Gasteiger partial charge in [0.2, 0.25) is 8.41 Å². The minimum Gasteiger partial charge on any atom is -0.457 e. The van der Waals surface area contributed by atoms with Gasteiger partial charge in [0.25, 0.3) is 0 Å². The van der Waals surface area contributed by atoms with Gasteiger partial charge in [-0.15, -0.1) is 0 Å². The smallest absolute Gasteiger partial charge is 0.308 e. The SMILES string of the molecule is CC(=O)OC1=C2C(=O)c3ccc4c(c3C=C2C(=O)C=C1[C@H]1C[C@@H](O)[C@H](OC(C)=O)[C@@H](C)O1)CCC(C)([Si](C)(C)F)C4. The standard InChI is InChI=1S/C31H35FO8Si/c1-15-29(39-16(2)33)25(36)13-26(38-15)23-12-24(35)22-11-21-19-9-10-31(4,41(5,6)32)14-18(19)7-8-20(21)28(37)27(22)30(23)40-17(3)34/h7-8,11-12,15,25-26,29,36H,9-10,13-14H2,1-6H3/t15-,25-,26-,29-,31?/m1/s1. The predicted octanol–water partition coefficient (Wildman–Crippen LogP) is 4.49. The Labute approximate surface area is 239 Å². The molecule has 4 aliphatic rings. The van der Waals surface area contributed by atoms with E-state index >= 15 is 4.11 Å². The number of ketones is 2. The summed E-state index contributed by atoms with van der Waals surface area (Å²) in [6.45, 7) is 9.51. The van der Waals surface area contributed by atoms with Crippen molar-refractivity contribution in [3.63, 3.8) is 0 Å². The summed E-state index contributed by atoms with van der Waals surface area (Å²) in [4.78, 5) is 51.3. The minimum atomic E-state index is -2.96. The van der Waals surface area contributed by atoms with Crippen LogP contribution in [-0.4, -0.2) is 61.4 Å². The second-order valence-electron chi connectivity index (χ2n) is 12.2. The molecule has 1 fully saturated rings. The Balaban J connectivity index is 1.57. The van der Waals surface area contributed by atoms with Gasteiger partial charge in [-0.05, 0) is 73.2 Å². The Morgan fingerprint density at radius 1 is 1.15 bits per heavy atom. The Kier molecular flexibility index (Phi) is 7.32. The number of hydrogen-bond acceptors (Lipinski definition) is 8. The van der Waals surface area contributed by atoms with Crippen LogP contribution >= 0.6 is 0 Å². The Hall–Kier alpha value is -3.21. The van der Waals surface area contributed by atoms with E-state index in [0.717, 1.165) is 11.1 Å². The van der Waals surface area contributed by atoms with Gasteiger partial charge in [0, 0.05) is 37.0 Å². The van der Waals surface area contributed by atoms with E-state index in [9.17, 15) is 24.3 Å². The average Bonchev–Trinajstić information content (AvgIpc) is 2.86. The maximum Gasteiger partial charge on any atom is 0.308 e. The zero-order chi connectivity index (χ0) is 30.0. The van der Waals surface area contributed by atoms with Crippen molar-refractivity contribution in [2.75, 3.05) is 0 Å². The summed E-state index contributed by atoms with van der Waals surface area (Å²) in [5.74, 6) is -2.23. The number of halogens is 1. The van der Waals surface area contributed by atoms with Gasteiger partial charge in [0.1, 0.15) is 5.76 Å². The number of ether oxygens (including phenoxy) is 3. The molecule has 5 atom stereocenters. The van der Waals surface area contributed by atoms with Crippen LogP contribution in [0.1, 0.15) is 67.6 Å². The average molecular weight is 583 g/mol. The van der Waals surface area contributed by atoms with Crippen molar-refractivity contribution in [1.29, 1.82) is 0 Å². The number of benzene rings is 1. The molecule has 5 rings (SSSR count). The number of carbonyl (C=O) groups is 4. The second kappa shape index (κ2) is 10.3. The van der Waals surface area contributed by atoms with E-state index in [-0.39, 0.29) is 28.9 Å². The number of esters is 2. The quantitative estimate of drug-likeness (QED) is 0.314. The van der Waals surface area contributed by atoms with Crippen molar-refractivity contribution >= 4 is 38.0 Å². The van der Waals surface area contributed by atoms with Gasteiger partial charge in [-0.25, -0.2) is 0 Å². The molecule has 1 saturated heterocycles. The monoisotopic (exact) mass is 582 g/mol. The molecule has 41 heavy (non-hydrogen) atoms. The predicted molar refractivity (Wildman–Crippen MR) is 150 cm³/mol. The molecule has 0 saturated carbocycles. The number of fused-ring (bicyclic) bond motifs is 4. The molecular formula is C31H35FO8Si. The van der Waals surface area contributed by atoms with Gasteiger partial charge >= 0.3 is 11.9 Å². The number of rotatable bonds is 4. The number of aliphatic hydroxyl groups is 1. The van der Waals surface area contributed by atoms with E-state index in [1.165, 1.54) is 19.9 Å². The molecule has 1 aromatic carbocycles. The lowest BCUT2D eigenvalue weighted by Gasteiger charge is -2.41. The molecule has 3 aliphatic carbocycles. The van der Waals surface area contributed by atoms with E-state index in [0.29, 0.717) is 30.4 Å². The zero-order valence-corrected chi connectivity index (χ0v) is 25.1. The van der Waals surface area contributed by atoms with Crippen LogP contribution in [0.4, 0.5) is 4.11 Å². The minimum absolute atomic E-state index is 0.0269. The number of aliphatic hydroxyl groups excluding tert-OH is 1. The van der Waals surface area contributed by atoms with Crippen LogP contribution in [0, 0.1) is 0 Å². The Bertz CT molecular complexity index is 1450. The van der Waals surface area contributed by atoms with Gasteiger partial charge in [-0.2, -0.15) is 0 Å². The lowest BCUT2D eigenvalue weighted by molar-refractivity contribution is -0.187. The molecule has 1 N–H and O–H groups in total. The van der Waals surface area contributed by atoms with E-state index < -0.39 is 61.4 Å². The van der Waals surface area contributed by atoms with Gasteiger partial charge in [0.05, 0.1) is 23.9 Å². The molecule has 0 amide bonds. The van der Waals surface area contributed by atoms with Crippen molar-refractivity contribution in [3.8, 4) is 0 Å². The fourth-order valence-corrected chi connectivity index (χ4v) is 7.72. The molecule has 1 unspecified atom stereocenters. The highest BCUT2D eigenvalue weighted by molar-refractivity contribution is 6.73. The molecule has 0 spiro atoms. The van der Waals surface area contributed by atoms with Crippen LogP contribution in [0.2, 0.25) is 18.1 Å². The first-order chi connectivity index (χ1) is 19.1. The summed E-state index contributed by atoms with van der Waals surface area (Å²) >= 11 is 0. The molecule has 218 valence electrons. The third-order valence-corrected chi connectivity index (χ3v) is 12.3. The van der Waals surface area contributed by atoms with Crippen molar-refractivity contribution < 1.29 is 42.6 Å². The van der Waals surface area contributed by atoms with Gasteiger partial charge in [-0.3, -0.25) is 19.2 Å². The molecule has 8 nitrogen and oxygen atoms in total. The van der Waals surface area contributed by atoms with E-state index in [4.69, 9.17) is 14.2 Å². The van der Waals surface area contributed by atoms with Crippen LogP contribution in [-0.2, 0) is 41.4 Å². The molecule has 0 radical (unpaired) electrons. The largest absolute Gasteiger partial charge is 0.457 e. The van der Waals surface area contributed by atoms with Crippen LogP contribution in [0.3, 0.4) is 0 Å². The molecule has 1 aliphatic heterocycles. The van der Waals surface area contributed by atoms with Crippen molar-refractivity contribution in [1.82, 2.24) is 0 Å². The summed E-state index contributed by atoms with van der Waals surface area (Å²) in [5, 5.41) is 10.3. The van der Waals surface area contributed by atoms with Gasteiger partial charge < -0.3 is 23.4 Å². The highest BCUT2D eigenvalue weighted by Gasteiger charge is 2.48. The summed E-state index contributed by atoms with van der Waals surface area (Å²) in [7, 11) is -2.96. The topological polar surface area (TPSA) is 116 Å². The second-order valence-corrected chi connectivity index (χ2v) is 16.4. The maximum atomic E-state index is 15.2. The van der Waals surface area contributed by atoms with Crippen LogP contribution in [0.25, 0.3) is 6.08 Å². The van der Waals surface area contributed by atoms with Gasteiger partial charge in [0.15, 0.2) is 17.7 Å². The lowest BCUT2D eigenvalue weighted by Crippen LogP contribution is -2.50. The van der Waals surface area contributed by atoms with Crippen LogP contribution < -0.4 is 0 Å². The highest BCUT2D eigenvalue weighted by Crippen LogP contribution is 2.51. The van der Waals surface area contributed by atoms with E-state index in [1.54, 1.807) is 32.2 Å². The molecule has 0 bridgehead atoms. The highest BCUT2D eigenvalue weighted by atomic mass is 28.4. The zero-order valence-electron chi connectivity index (χ0n) is 24.1. The number of carbonyl (C=O) groups excluding carboxylic acids is 4. The molecule has 1 heterocycles. The molecular weight excluding hydrogens is 547 g/mol. The van der Waals surface area contributed by atoms with E-state index in [1.807, 2.05) is 13.0 Å². The van der Waals surface area contributed by atoms with Crippen molar-refractivity contribution in [2.45, 2.75) is 95.9 Å². The third-order valence-electron chi connectivity index (χ3n) is 9.04. The van der Waals surface area contributed by atoms with Gasteiger partial charge in [-0.1, -0.05) is 19.1 Å². The number of allylic oxidation sites excluding steroid dienone is 3. The molecule has 1 aromatic rings. The Morgan fingerprint density at radius 3 is 2.46 bits per heavy atom. The number of hydrogen-bond donors (Lipinski definition) is 1. The summed E-state index contributed by atoms with van der Waals surface area (Å²) in [6.07, 6.45) is 1.06. The van der Waals surface area contributed by atoms with Crippen molar-refractivity contribution in [2.24, 2.45) is 0 Å². The summed E-state index contributed by atoms with van der Waals surface area (Å²) in [6, 6.07) is 3.57. The van der Waals surface area contributed by atoms with E-state index in [2.05, 4.69) is 0 Å².